The van der Waals surface area contributed by atoms with E-state index in [-0.39, 0.29) is 6.10 Å². The van der Waals surface area contributed by atoms with Crippen LogP contribution in [0.2, 0.25) is 0 Å². The summed E-state index contributed by atoms with van der Waals surface area (Å²) < 4.78 is 0. The van der Waals surface area contributed by atoms with E-state index in [1.165, 1.54) is 12.8 Å². The van der Waals surface area contributed by atoms with E-state index in [4.69, 9.17) is 0 Å². The second kappa shape index (κ2) is 6.51. The van der Waals surface area contributed by atoms with Gasteiger partial charge in [-0.3, -0.25) is 0 Å². The van der Waals surface area contributed by atoms with Crippen LogP contribution in [0.5, 0.6) is 0 Å². The van der Waals surface area contributed by atoms with Crippen LogP contribution >= 0.6 is 0 Å². The summed E-state index contributed by atoms with van der Waals surface area (Å²) in [7, 11) is 1.81. The molecule has 1 unspecified atom stereocenters. The molecule has 1 aromatic heterocycles. The third-order valence-corrected chi connectivity index (χ3v) is 3.08. The fourth-order valence-electron chi connectivity index (χ4n) is 2.12. The van der Waals surface area contributed by atoms with Gasteiger partial charge in [0, 0.05) is 26.3 Å². The third kappa shape index (κ3) is 3.82. The van der Waals surface area contributed by atoms with Gasteiger partial charge in [-0.15, -0.1) is 0 Å². The minimum Gasteiger partial charge on any atom is -0.390 e. The number of hydrogen-bond acceptors (Lipinski definition) is 6. The van der Waals surface area contributed by atoms with Crippen molar-refractivity contribution in [3.8, 4) is 0 Å². The van der Waals surface area contributed by atoms with Gasteiger partial charge in [-0.05, 0) is 32.0 Å². The smallest absolute Gasteiger partial charge is 0.224 e. The summed E-state index contributed by atoms with van der Waals surface area (Å²) in [6.45, 7) is 3.40. The van der Waals surface area contributed by atoms with Gasteiger partial charge in [0.05, 0.1) is 6.10 Å². The molecule has 1 atom stereocenters. The van der Waals surface area contributed by atoms with Gasteiger partial charge in [-0.25, -0.2) is 4.98 Å². The van der Waals surface area contributed by atoms with E-state index >= 15 is 0 Å². The Balaban J connectivity index is 1.75. The predicted molar refractivity (Wildman–Crippen MR) is 71.7 cm³/mol. The fraction of sp³-hybridized carbons (Fsp3) is 0.667. The zero-order chi connectivity index (χ0) is 12.8. The number of nitrogens with zero attached hydrogens (tertiary/aromatic N) is 3. The van der Waals surface area contributed by atoms with Crippen molar-refractivity contribution in [1.29, 1.82) is 0 Å². The molecule has 0 radical (unpaired) electrons. The van der Waals surface area contributed by atoms with E-state index < -0.39 is 0 Å². The summed E-state index contributed by atoms with van der Waals surface area (Å²) in [6.07, 6.45) is 3.79. The van der Waals surface area contributed by atoms with Crippen LogP contribution in [-0.4, -0.2) is 59.3 Å². The lowest BCUT2D eigenvalue weighted by molar-refractivity contribution is 0.135. The molecule has 3 N–H and O–H groups in total. The van der Waals surface area contributed by atoms with Crippen molar-refractivity contribution in [2.45, 2.75) is 18.9 Å². The number of aromatic nitrogens is 2. The van der Waals surface area contributed by atoms with E-state index in [0.717, 1.165) is 25.5 Å². The highest BCUT2D eigenvalue weighted by Crippen LogP contribution is 2.08. The minimum absolute atomic E-state index is 0.384. The Kier molecular flexibility index (Phi) is 4.72. The second-order valence-corrected chi connectivity index (χ2v) is 4.56. The molecule has 2 heterocycles. The Morgan fingerprint density at radius 3 is 2.94 bits per heavy atom. The monoisotopic (exact) mass is 251 g/mol. The van der Waals surface area contributed by atoms with Crippen molar-refractivity contribution < 1.29 is 5.11 Å². The summed E-state index contributed by atoms with van der Waals surface area (Å²) in [5.41, 5.74) is 0. The highest BCUT2D eigenvalue weighted by atomic mass is 16.3. The molecule has 0 saturated carbocycles. The average molecular weight is 251 g/mol. The molecule has 1 aliphatic heterocycles. The molecule has 100 valence electrons. The first kappa shape index (κ1) is 13.0. The van der Waals surface area contributed by atoms with Crippen molar-refractivity contribution in [3.63, 3.8) is 0 Å². The summed E-state index contributed by atoms with van der Waals surface area (Å²) in [6, 6.07) is 1.80. The predicted octanol–water partition coefficient (Wildman–Crippen LogP) is 0.387. The Morgan fingerprint density at radius 2 is 2.22 bits per heavy atom. The van der Waals surface area contributed by atoms with E-state index in [2.05, 4.69) is 25.5 Å². The summed E-state index contributed by atoms with van der Waals surface area (Å²) in [5, 5.41) is 15.9. The number of aliphatic hydroxyl groups excluding tert-OH is 1. The quantitative estimate of drug-likeness (QED) is 0.679. The van der Waals surface area contributed by atoms with Crippen LogP contribution in [-0.2, 0) is 0 Å². The van der Waals surface area contributed by atoms with E-state index in [1.807, 2.05) is 7.05 Å². The maximum absolute atomic E-state index is 9.92. The van der Waals surface area contributed by atoms with E-state index in [1.54, 1.807) is 12.3 Å². The lowest BCUT2D eigenvalue weighted by Gasteiger charge is -2.19. The maximum atomic E-state index is 9.92. The molecule has 6 nitrogen and oxygen atoms in total. The molecule has 0 aliphatic carbocycles. The SMILES string of the molecule is CNc1ccnc(NCC(O)CN2CCCC2)n1. The zero-order valence-corrected chi connectivity index (χ0v) is 10.8. The average Bonchev–Trinajstić information content (AvgIpc) is 2.89. The normalized spacial score (nSPS) is 17.7. The van der Waals surface area contributed by atoms with Gasteiger partial charge in [-0.1, -0.05) is 0 Å². The van der Waals surface area contributed by atoms with E-state index in [9.17, 15) is 5.11 Å². The minimum atomic E-state index is -0.384. The lowest BCUT2D eigenvalue weighted by Crippen LogP contribution is -2.34. The Hall–Kier alpha value is -1.40. The topological polar surface area (TPSA) is 73.3 Å². The number of nitrogens with one attached hydrogen (secondary N) is 2. The molecular weight excluding hydrogens is 230 g/mol. The second-order valence-electron chi connectivity index (χ2n) is 4.56. The van der Waals surface area contributed by atoms with Crippen LogP contribution in [0.3, 0.4) is 0 Å². The zero-order valence-electron chi connectivity index (χ0n) is 10.8. The number of likely N-dealkylation sites (tertiary alicyclic amines) is 1. The Morgan fingerprint density at radius 1 is 1.44 bits per heavy atom. The van der Waals surface area contributed by atoms with Crippen LogP contribution in [0, 0.1) is 0 Å². The molecule has 0 bridgehead atoms. The van der Waals surface area contributed by atoms with Gasteiger partial charge in [0.2, 0.25) is 5.95 Å². The van der Waals surface area contributed by atoms with Crippen molar-refractivity contribution >= 4 is 11.8 Å². The van der Waals surface area contributed by atoms with Crippen LogP contribution in [0.4, 0.5) is 11.8 Å². The van der Waals surface area contributed by atoms with Crippen molar-refractivity contribution in [3.05, 3.63) is 12.3 Å². The molecule has 0 spiro atoms. The molecule has 2 rings (SSSR count). The summed E-state index contributed by atoms with van der Waals surface area (Å²) in [4.78, 5) is 10.6. The Bertz CT molecular complexity index is 367. The van der Waals surface area contributed by atoms with Crippen LogP contribution in [0.1, 0.15) is 12.8 Å². The molecule has 1 aromatic rings. The molecule has 1 saturated heterocycles. The van der Waals surface area contributed by atoms with Gasteiger partial charge in [-0.2, -0.15) is 4.98 Å². The summed E-state index contributed by atoms with van der Waals surface area (Å²) in [5.74, 6) is 1.31. The van der Waals surface area contributed by atoms with Crippen LogP contribution in [0.25, 0.3) is 0 Å². The van der Waals surface area contributed by atoms with Gasteiger partial charge < -0.3 is 20.6 Å². The molecule has 6 heteroatoms. The number of hydrogen-bond donors (Lipinski definition) is 3. The van der Waals surface area contributed by atoms with Gasteiger partial charge in [0.25, 0.3) is 0 Å². The maximum Gasteiger partial charge on any atom is 0.224 e. The number of β-amino-alcohol motifs (C(OH)–C–C–N with tert-alkyl or cyclic N) is 1. The Labute approximate surface area is 107 Å². The van der Waals surface area contributed by atoms with E-state index in [0.29, 0.717) is 12.5 Å². The highest BCUT2D eigenvalue weighted by Gasteiger charge is 2.15. The molecule has 18 heavy (non-hydrogen) atoms. The first-order chi connectivity index (χ1) is 8.78. The molecule has 0 amide bonds. The first-order valence-electron chi connectivity index (χ1n) is 6.43. The van der Waals surface area contributed by atoms with Crippen LogP contribution in [0.15, 0.2) is 12.3 Å². The summed E-state index contributed by atoms with van der Waals surface area (Å²) >= 11 is 0. The van der Waals surface area contributed by atoms with Gasteiger partial charge in [0.15, 0.2) is 0 Å². The first-order valence-corrected chi connectivity index (χ1v) is 6.43. The van der Waals surface area contributed by atoms with Gasteiger partial charge in [0.1, 0.15) is 5.82 Å². The van der Waals surface area contributed by atoms with Crippen molar-refractivity contribution in [2.24, 2.45) is 0 Å². The fourth-order valence-corrected chi connectivity index (χ4v) is 2.12. The number of aliphatic hydroxyl groups is 1. The highest BCUT2D eigenvalue weighted by molar-refractivity contribution is 5.38. The van der Waals surface area contributed by atoms with Gasteiger partial charge >= 0.3 is 0 Å². The largest absolute Gasteiger partial charge is 0.390 e. The lowest BCUT2D eigenvalue weighted by atomic mass is 10.3. The molecular formula is C12H21N5O. The molecule has 1 fully saturated rings. The van der Waals surface area contributed by atoms with Crippen molar-refractivity contribution in [2.75, 3.05) is 43.9 Å². The molecule has 1 aliphatic rings. The van der Waals surface area contributed by atoms with Crippen molar-refractivity contribution in [1.82, 2.24) is 14.9 Å². The number of rotatable bonds is 6. The number of anilines is 2. The van der Waals surface area contributed by atoms with Crippen LogP contribution < -0.4 is 10.6 Å². The molecule has 0 aromatic carbocycles. The standard InChI is InChI=1S/C12H21N5O/c1-13-11-4-5-14-12(16-11)15-8-10(18)9-17-6-2-3-7-17/h4-5,10,18H,2-3,6-9H2,1H3,(H2,13,14,15,16). The third-order valence-electron chi connectivity index (χ3n) is 3.08.